The number of hydrogen-bond acceptors (Lipinski definition) is 2. The van der Waals surface area contributed by atoms with E-state index in [1.807, 2.05) is 18.2 Å². The summed E-state index contributed by atoms with van der Waals surface area (Å²) in [5, 5.41) is 14.1. The Balaban J connectivity index is 1.33. The summed E-state index contributed by atoms with van der Waals surface area (Å²) in [5.41, 5.74) is 15.0. The van der Waals surface area contributed by atoms with Gasteiger partial charge in [0, 0.05) is 10.8 Å². The molecule has 0 aliphatic rings. The zero-order valence-corrected chi connectivity index (χ0v) is 32.1. The number of aryl methyl sites for hydroxylation is 1. The number of hydrogen-bond donors (Lipinski definition) is 0. The SMILES string of the molecule is C=C/C=C\c1c(C)c(C(/C=C\C)=C/C=C)c2ccccc2c1-c1cccc2oc3cc(-c4c5ccccc5c(-c5cscc5C)c5ccccc45)ccc3c12. The van der Waals surface area contributed by atoms with Crippen molar-refractivity contribution in [3.05, 3.63) is 192 Å². The number of thiophene rings is 1. The van der Waals surface area contributed by atoms with Crippen molar-refractivity contribution in [3.8, 4) is 33.4 Å². The molecule has 2 aromatic heterocycles. The van der Waals surface area contributed by atoms with Crippen LogP contribution in [0.15, 0.2) is 174 Å². The molecule has 0 bridgehead atoms. The van der Waals surface area contributed by atoms with Gasteiger partial charge in [0.25, 0.3) is 0 Å². The second-order valence-corrected chi connectivity index (χ2v) is 14.8. The topological polar surface area (TPSA) is 13.1 Å². The zero-order valence-electron chi connectivity index (χ0n) is 31.3. The predicted molar refractivity (Wildman–Crippen MR) is 242 cm³/mol. The highest BCUT2D eigenvalue weighted by Gasteiger charge is 2.23. The number of rotatable bonds is 8. The van der Waals surface area contributed by atoms with Crippen LogP contribution >= 0.6 is 11.3 Å². The lowest BCUT2D eigenvalue weighted by Crippen LogP contribution is -1.98. The molecule has 0 unspecified atom stereocenters. The molecule has 0 spiro atoms. The molecule has 0 amide bonds. The Bertz CT molecular complexity index is 3040. The average molecular weight is 725 g/mol. The van der Waals surface area contributed by atoms with Crippen molar-refractivity contribution in [1.82, 2.24) is 0 Å². The van der Waals surface area contributed by atoms with Gasteiger partial charge in [0.1, 0.15) is 11.2 Å². The molecule has 0 aliphatic heterocycles. The first-order chi connectivity index (χ1) is 27.0. The van der Waals surface area contributed by atoms with Crippen molar-refractivity contribution in [1.29, 1.82) is 0 Å². The first-order valence-corrected chi connectivity index (χ1v) is 19.7. The van der Waals surface area contributed by atoms with Crippen LogP contribution in [0.1, 0.15) is 29.2 Å². The van der Waals surface area contributed by atoms with Gasteiger partial charge >= 0.3 is 0 Å². The molecular formula is C53H40OS. The van der Waals surface area contributed by atoms with Gasteiger partial charge in [-0.05, 0) is 143 Å². The van der Waals surface area contributed by atoms with Crippen molar-refractivity contribution in [2.75, 3.05) is 0 Å². The minimum atomic E-state index is 0.869. The van der Waals surface area contributed by atoms with Gasteiger partial charge in [-0.15, -0.1) is 0 Å². The molecule has 2 heteroatoms. The molecule has 0 aliphatic carbocycles. The summed E-state index contributed by atoms with van der Waals surface area (Å²) in [7, 11) is 0. The van der Waals surface area contributed by atoms with E-state index in [0.29, 0.717) is 0 Å². The fourth-order valence-corrected chi connectivity index (χ4v) is 9.53. The smallest absolute Gasteiger partial charge is 0.136 e. The van der Waals surface area contributed by atoms with Gasteiger partial charge in [-0.25, -0.2) is 0 Å². The summed E-state index contributed by atoms with van der Waals surface area (Å²) in [6, 6.07) is 39.7. The van der Waals surface area contributed by atoms with Crippen LogP contribution in [0.4, 0.5) is 0 Å². The highest BCUT2D eigenvalue weighted by molar-refractivity contribution is 7.08. The van der Waals surface area contributed by atoms with Crippen LogP contribution in [0, 0.1) is 13.8 Å². The van der Waals surface area contributed by atoms with Gasteiger partial charge in [-0.3, -0.25) is 0 Å². The summed E-state index contributed by atoms with van der Waals surface area (Å²) in [6.07, 6.45) is 14.3. The molecule has 0 saturated heterocycles. The minimum absolute atomic E-state index is 0.869. The van der Waals surface area contributed by atoms with E-state index in [0.717, 1.165) is 44.2 Å². The molecule has 264 valence electrons. The van der Waals surface area contributed by atoms with Crippen LogP contribution in [-0.2, 0) is 0 Å². The molecule has 2 heterocycles. The number of allylic oxidation sites excluding steroid dienone is 7. The maximum absolute atomic E-state index is 6.83. The molecule has 9 aromatic rings. The second kappa shape index (κ2) is 14.1. The monoisotopic (exact) mass is 724 g/mol. The second-order valence-electron chi connectivity index (χ2n) is 14.1. The average Bonchev–Trinajstić information content (AvgIpc) is 3.81. The third kappa shape index (κ3) is 5.52. The molecule has 0 atom stereocenters. The van der Waals surface area contributed by atoms with E-state index >= 15 is 0 Å². The zero-order chi connectivity index (χ0) is 37.6. The summed E-state index contributed by atoms with van der Waals surface area (Å²) >= 11 is 1.76. The third-order valence-electron chi connectivity index (χ3n) is 11.0. The van der Waals surface area contributed by atoms with Crippen molar-refractivity contribution in [2.45, 2.75) is 20.8 Å². The molecule has 55 heavy (non-hydrogen) atoms. The summed E-state index contributed by atoms with van der Waals surface area (Å²) in [6.45, 7) is 14.6. The Labute approximate surface area is 326 Å². The van der Waals surface area contributed by atoms with Gasteiger partial charge < -0.3 is 4.42 Å². The highest BCUT2D eigenvalue weighted by Crippen LogP contribution is 2.48. The molecule has 9 rings (SSSR count). The van der Waals surface area contributed by atoms with Crippen molar-refractivity contribution in [3.63, 3.8) is 0 Å². The standard InChI is InChI=1S/C53H40OS/c1-6-9-19-37-34(5)49(35(17-7-2)18-8-3)38-20-10-13-23-41(38)51(37)45-26-16-27-47-53(45)44-29-28-36(30-48(44)54-47)50-39-21-11-14-24-42(39)52(46-32-55-31-33(46)4)43-25-15-12-22-40(43)50/h6-32H,1-2H2,3-5H3/b18-8-,19-9-,35-17+. The Hall–Kier alpha value is -6.48. The van der Waals surface area contributed by atoms with Gasteiger partial charge in [-0.2, -0.15) is 11.3 Å². The summed E-state index contributed by atoms with van der Waals surface area (Å²) in [4.78, 5) is 0. The lowest BCUT2D eigenvalue weighted by Gasteiger charge is -2.21. The van der Waals surface area contributed by atoms with E-state index < -0.39 is 0 Å². The van der Waals surface area contributed by atoms with Gasteiger partial charge in [0.2, 0.25) is 0 Å². The van der Waals surface area contributed by atoms with Crippen molar-refractivity contribution < 1.29 is 4.42 Å². The van der Waals surface area contributed by atoms with E-state index in [2.05, 4.69) is 178 Å². The van der Waals surface area contributed by atoms with E-state index in [9.17, 15) is 0 Å². The van der Waals surface area contributed by atoms with E-state index in [4.69, 9.17) is 4.42 Å². The van der Waals surface area contributed by atoms with Gasteiger partial charge in [-0.1, -0.05) is 147 Å². The molecule has 0 saturated carbocycles. The largest absolute Gasteiger partial charge is 0.456 e. The quantitative estimate of drug-likeness (QED) is 0.112. The Morgan fingerprint density at radius 1 is 0.618 bits per heavy atom. The molecule has 0 N–H and O–H groups in total. The molecule has 0 fully saturated rings. The van der Waals surface area contributed by atoms with E-state index in [1.54, 1.807) is 11.3 Å². The van der Waals surface area contributed by atoms with Gasteiger partial charge in [0.05, 0.1) is 0 Å². The molecule has 7 aromatic carbocycles. The number of furan rings is 1. The Kier molecular flexibility index (Phi) is 8.77. The fourth-order valence-electron chi connectivity index (χ4n) is 8.69. The maximum atomic E-state index is 6.83. The minimum Gasteiger partial charge on any atom is -0.456 e. The van der Waals surface area contributed by atoms with Crippen LogP contribution in [0.5, 0.6) is 0 Å². The molecule has 0 radical (unpaired) electrons. The predicted octanol–water partition coefficient (Wildman–Crippen LogP) is 16.1. The molecule has 1 nitrogen and oxygen atoms in total. The Morgan fingerprint density at radius 3 is 1.89 bits per heavy atom. The van der Waals surface area contributed by atoms with Crippen LogP contribution in [0.25, 0.3) is 99.3 Å². The summed E-state index contributed by atoms with van der Waals surface area (Å²) < 4.78 is 6.83. The first kappa shape index (κ1) is 34.3. The molecular weight excluding hydrogens is 685 g/mol. The van der Waals surface area contributed by atoms with E-state index in [1.165, 1.54) is 71.3 Å². The lowest BCUT2D eigenvalue weighted by atomic mass is 9.82. The normalized spacial score (nSPS) is 12.4. The van der Waals surface area contributed by atoms with Crippen molar-refractivity contribution in [2.24, 2.45) is 0 Å². The highest BCUT2D eigenvalue weighted by atomic mass is 32.1. The van der Waals surface area contributed by atoms with Crippen LogP contribution in [0.3, 0.4) is 0 Å². The van der Waals surface area contributed by atoms with E-state index in [-0.39, 0.29) is 0 Å². The first-order valence-electron chi connectivity index (χ1n) is 18.8. The Morgan fingerprint density at radius 2 is 1.27 bits per heavy atom. The van der Waals surface area contributed by atoms with Crippen LogP contribution in [-0.4, -0.2) is 0 Å². The fraction of sp³-hybridized carbons (Fsp3) is 0.0566. The van der Waals surface area contributed by atoms with Crippen molar-refractivity contribution >= 4 is 77.2 Å². The summed E-state index contributed by atoms with van der Waals surface area (Å²) in [5.74, 6) is 0. The third-order valence-corrected chi connectivity index (χ3v) is 11.8. The number of fused-ring (bicyclic) bond motifs is 6. The number of benzene rings is 7. The maximum Gasteiger partial charge on any atom is 0.136 e. The lowest BCUT2D eigenvalue weighted by molar-refractivity contribution is 0.669. The van der Waals surface area contributed by atoms with Crippen LogP contribution in [0.2, 0.25) is 0 Å². The van der Waals surface area contributed by atoms with Crippen LogP contribution < -0.4 is 0 Å². The van der Waals surface area contributed by atoms with Gasteiger partial charge in [0.15, 0.2) is 0 Å².